The first-order valence-corrected chi connectivity index (χ1v) is 7.26. The van der Waals surface area contributed by atoms with Gasteiger partial charge >= 0.3 is 5.97 Å². The molecule has 3 aromatic rings. The third-order valence-corrected chi connectivity index (χ3v) is 4.55. The average molecular weight is 330 g/mol. The standard InChI is InChI=1S/C16H8F2N2O2S/c1-7-14(16(21)22)23-15(20-7)9-2-8-4-12(17)13(18)5-11(8)10(3-9)6-19/h2-5H,1H3,(H,21,22). The maximum Gasteiger partial charge on any atom is 0.347 e. The minimum absolute atomic E-state index is 0.101. The second-order valence-corrected chi connectivity index (χ2v) is 5.86. The molecule has 2 aromatic carbocycles. The predicted molar refractivity (Wildman–Crippen MR) is 81.4 cm³/mol. The number of carboxylic acid groups (broad SMARTS) is 1. The van der Waals surface area contributed by atoms with Gasteiger partial charge in [-0.2, -0.15) is 5.26 Å². The molecule has 0 aliphatic carbocycles. The van der Waals surface area contributed by atoms with E-state index in [4.69, 9.17) is 5.11 Å². The molecule has 0 amide bonds. The summed E-state index contributed by atoms with van der Waals surface area (Å²) in [5.74, 6) is -3.12. The number of benzene rings is 2. The van der Waals surface area contributed by atoms with Crippen molar-refractivity contribution < 1.29 is 18.7 Å². The Balaban J connectivity index is 2.27. The van der Waals surface area contributed by atoms with E-state index in [0.29, 0.717) is 27.0 Å². The smallest absolute Gasteiger partial charge is 0.347 e. The molecule has 0 bridgehead atoms. The van der Waals surface area contributed by atoms with Crippen molar-refractivity contribution in [2.75, 3.05) is 0 Å². The quantitative estimate of drug-likeness (QED) is 0.767. The van der Waals surface area contributed by atoms with Crippen LogP contribution in [0.4, 0.5) is 8.78 Å². The highest BCUT2D eigenvalue weighted by Crippen LogP contribution is 2.32. The van der Waals surface area contributed by atoms with Crippen molar-refractivity contribution in [2.45, 2.75) is 6.92 Å². The highest BCUT2D eigenvalue weighted by Gasteiger charge is 2.17. The van der Waals surface area contributed by atoms with Gasteiger partial charge in [-0.05, 0) is 36.6 Å². The number of rotatable bonds is 2. The molecule has 1 N–H and O–H groups in total. The molecule has 0 aliphatic heterocycles. The molecule has 1 aromatic heterocycles. The Kier molecular flexibility index (Phi) is 3.54. The van der Waals surface area contributed by atoms with Gasteiger partial charge in [0.1, 0.15) is 9.88 Å². The van der Waals surface area contributed by atoms with Gasteiger partial charge in [-0.25, -0.2) is 18.6 Å². The van der Waals surface area contributed by atoms with Crippen molar-refractivity contribution in [3.63, 3.8) is 0 Å². The fourth-order valence-corrected chi connectivity index (χ4v) is 3.18. The fourth-order valence-electron chi connectivity index (χ4n) is 2.29. The Hall–Kier alpha value is -2.85. The van der Waals surface area contributed by atoms with E-state index in [9.17, 15) is 18.8 Å². The summed E-state index contributed by atoms with van der Waals surface area (Å²) in [6.45, 7) is 1.57. The molecule has 0 atom stereocenters. The molecular formula is C16H8F2N2O2S. The molecule has 0 unspecified atom stereocenters. The second-order valence-electron chi connectivity index (χ2n) is 4.86. The van der Waals surface area contributed by atoms with E-state index in [-0.39, 0.29) is 10.4 Å². The monoisotopic (exact) mass is 330 g/mol. The highest BCUT2D eigenvalue weighted by atomic mass is 32.1. The largest absolute Gasteiger partial charge is 0.477 e. The molecule has 1 heterocycles. The van der Waals surface area contributed by atoms with Gasteiger partial charge in [0.05, 0.1) is 17.3 Å². The van der Waals surface area contributed by atoms with Gasteiger partial charge in [0.15, 0.2) is 11.6 Å². The van der Waals surface area contributed by atoms with Crippen molar-refractivity contribution in [1.29, 1.82) is 5.26 Å². The molecule has 0 fully saturated rings. The summed E-state index contributed by atoms with van der Waals surface area (Å²) < 4.78 is 26.8. The molecule has 0 spiro atoms. The van der Waals surface area contributed by atoms with Gasteiger partial charge in [-0.3, -0.25) is 0 Å². The highest BCUT2D eigenvalue weighted by molar-refractivity contribution is 7.17. The van der Waals surface area contributed by atoms with Crippen molar-refractivity contribution in [3.8, 4) is 16.6 Å². The molecule has 4 nitrogen and oxygen atoms in total. The number of nitrogens with zero attached hydrogens (tertiary/aromatic N) is 2. The Bertz CT molecular complexity index is 1010. The molecule has 114 valence electrons. The van der Waals surface area contributed by atoms with Crippen LogP contribution in [0, 0.1) is 29.9 Å². The summed E-state index contributed by atoms with van der Waals surface area (Å²) in [6.07, 6.45) is 0. The number of halogens is 2. The summed E-state index contributed by atoms with van der Waals surface area (Å²) in [5, 5.41) is 19.4. The zero-order chi connectivity index (χ0) is 16.7. The first kappa shape index (κ1) is 15.1. The molecule has 0 radical (unpaired) electrons. The topological polar surface area (TPSA) is 74.0 Å². The van der Waals surface area contributed by atoms with E-state index in [0.717, 1.165) is 23.5 Å². The number of nitriles is 1. The SMILES string of the molecule is Cc1nc(-c2cc(C#N)c3cc(F)c(F)cc3c2)sc1C(=O)O. The number of aryl methyl sites for hydroxylation is 1. The van der Waals surface area contributed by atoms with Crippen LogP contribution in [0.1, 0.15) is 20.9 Å². The van der Waals surface area contributed by atoms with Crippen LogP contribution >= 0.6 is 11.3 Å². The lowest BCUT2D eigenvalue weighted by atomic mass is 10.0. The van der Waals surface area contributed by atoms with Gasteiger partial charge in [-0.15, -0.1) is 11.3 Å². The Labute approximate surface area is 133 Å². The Morgan fingerprint density at radius 2 is 1.96 bits per heavy atom. The third kappa shape index (κ3) is 2.53. The first-order chi connectivity index (χ1) is 10.9. The molecule has 0 aliphatic rings. The van der Waals surface area contributed by atoms with Crippen molar-refractivity contribution in [1.82, 2.24) is 4.98 Å². The normalized spacial score (nSPS) is 10.7. The number of hydrogen-bond acceptors (Lipinski definition) is 4. The fraction of sp³-hybridized carbons (Fsp3) is 0.0625. The summed E-state index contributed by atoms with van der Waals surface area (Å²) >= 11 is 0.968. The van der Waals surface area contributed by atoms with E-state index in [1.807, 2.05) is 6.07 Å². The van der Waals surface area contributed by atoms with Gasteiger partial charge in [0.2, 0.25) is 0 Å². The number of carboxylic acids is 1. The molecule has 7 heteroatoms. The van der Waals surface area contributed by atoms with Gasteiger partial charge < -0.3 is 5.11 Å². The number of aromatic nitrogens is 1. The van der Waals surface area contributed by atoms with E-state index in [1.165, 1.54) is 6.07 Å². The Morgan fingerprint density at radius 3 is 2.57 bits per heavy atom. The lowest BCUT2D eigenvalue weighted by Gasteiger charge is -2.05. The molecule has 3 rings (SSSR count). The van der Waals surface area contributed by atoms with E-state index >= 15 is 0 Å². The average Bonchev–Trinajstić information content (AvgIpc) is 2.89. The van der Waals surface area contributed by atoms with Crippen LogP contribution in [0.5, 0.6) is 0 Å². The number of aromatic carboxylic acids is 1. The van der Waals surface area contributed by atoms with Gasteiger partial charge in [0, 0.05) is 10.9 Å². The first-order valence-electron chi connectivity index (χ1n) is 6.44. The predicted octanol–water partition coefficient (Wildman–Crippen LogP) is 4.12. The minimum atomic E-state index is -1.08. The number of carbonyl (C=O) groups is 1. The molecule has 0 saturated heterocycles. The van der Waals surface area contributed by atoms with Crippen LogP contribution in [0.25, 0.3) is 21.3 Å². The lowest BCUT2D eigenvalue weighted by molar-refractivity contribution is 0.0701. The number of fused-ring (bicyclic) bond motifs is 1. The van der Waals surface area contributed by atoms with Crippen molar-refractivity contribution in [3.05, 3.63) is 52.0 Å². The molecule has 0 saturated carbocycles. The van der Waals surface area contributed by atoms with Crippen molar-refractivity contribution in [2.24, 2.45) is 0 Å². The van der Waals surface area contributed by atoms with E-state index in [1.54, 1.807) is 13.0 Å². The Morgan fingerprint density at radius 1 is 1.26 bits per heavy atom. The van der Waals surface area contributed by atoms with Crippen LogP contribution < -0.4 is 0 Å². The van der Waals surface area contributed by atoms with E-state index in [2.05, 4.69) is 4.98 Å². The van der Waals surface area contributed by atoms with Gasteiger partial charge in [0.25, 0.3) is 0 Å². The van der Waals surface area contributed by atoms with Crippen LogP contribution in [0.2, 0.25) is 0 Å². The number of thiazole rings is 1. The summed E-state index contributed by atoms with van der Waals surface area (Å²) in [5.41, 5.74) is 1.02. The number of hydrogen-bond donors (Lipinski definition) is 1. The summed E-state index contributed by atoms with van der Waals surface area (Å²) in [4.78, 5) is 15.4. The van der Waals surface area contributed by atoms with Crippen LogP contribution in [-0.4, -0.2) is 16.1 Å². The molecular weight excluding hydrogens is 322 g/mol. The minimum Gasteiger partial charge on any atom is -0.477 e. The maximum atomic E-state index is 13.4. The maximum absolute atomic E-state index is 13.4. The van der Waals surface area contributed by atoms with Gasteiger partial charge in [-0.1, -0.05) is 0 Å². The second kappa shape index (κ2) is 5.41. The summed E-state index contributed by atoms with van der Waals surface area (Å²) in [7, 11) is 0. The van der Waals surface area contributed by atoms with Crippen LogP contribution in [0.3, 0.4) is 0 Å². The lowest BCUT2D eigenvalue weighted by Crippen LogP contribution is -1.94. The zero-order valence-corrected chi connectivity index (χ0v) is 12.5. The molecule has 23 heavy (non-hydrogen) atoms. The van der Waals surface area contributed by atoms with Crippen molar-refractivity contribution >= 4 is 28.1 Å². The van der Waals surface area contributed by atoms with Crippen LogP contribution in [0.15, 0.2) is 24.3 Å². The zero-order valence-electron chi connectivity index (χ0n) is 11.7. The van der Waals surface area contributed by atoms with Crippen LogP contribution in [-0.2, 0) is 0 Å². The third-order valence-electron chi connectivity index (χ3n) is 3.35. The summed E-state index contributed by atoms with van der Waals surface area (Å²) in [6, 6.07) is 6.97. The van der Waals surface area contributed by atoms with E-state index < -0.39 is 17.6 Å².